The minimum Gasteiger partial charge on any atom is -0.480 e. The first kappa shape index (κ1) is 30.3. The number of carboxylic acids is 1. The van der Waals surface area contributed by atoms with Crippen LogP contribution in [0.5, 0.6) is 0 Å². The third-order valence-corrected chi connectivity index (χ3v) is 7.49. The summed E-state index contributed by atoms with van der Waals surface area (Å²) in [5.41, 5.74) is 13.6. The van der Waals surface area contributed by atoms with Gasteiger partial charge in [-0.2, -0.15) is 0 Å². The number of carbonyl (C=O) groups excluding carboxylic acids is 4. The maximum Gasteiger partial charge on any atom is 0.326 e. The molecule has 3 aromatic rings. The number of carbonyl (C=O) groups is 5. The fourth-order valence-electron chi connectivity index (χ4n) is 5.25. The van der Waals surface area contributed by atoms with Gasteiger partial charge in [0.15, 0.2) is 0 Å². The van der Waals surface area contributed by atoms with Crippen molar-refractivity contribution >= 4 is 40.5 Å². The number of fused-ring (bicyclic) bond motifs is 1. The van der Waals surface area contributed by atoms with Crippen LogP contribution in [-0.4, -0.2) is 75.3 Å². The molecule has 0 radical (unpaired) electrons. The third-order valence-electron chi connectivity index (χ3n) is 7.49. The fourth-order valence-corrected chi connectivity index (χ4v) is 5.25. The second-order valence-corrected chi connectivity index (χ2v) is 10.5. The van der Waals surface area contributed by atoms with Crippen LogP contribution in [-0.2, 0) is 36.8 Å². The Morgan fingerprint density at radius 3 is 2.40 bits per heavy atom. The van der Waals surface area contributed by atoms with Gasteiger partial charge in [0.1, 0.15) is 18.1 Å². The molecule has 1 aliphatic heterocycles. The van der Waals surface area contributed by atoms with Crippen LogP contribution in [0.1, 0.15) is 36.8 Å². The molecule has 2 heterocycles. The van der Waals surface area contributed by atoms with Gasteiger partial charge in [-0.1, -0.05) is 48.5 Å². The lowest BCUT2D eigenvalue weighted by Crippen LogP contribution is -2.57. The minimum atomic E-state index is -1.18. The second-order valence-electron chi connectivity index (χ2n) is 10.5. The van der Waals surface area contributed by atoms with Gasteiger partial charge in [0.2, 0.25) is 23.6 Å². The largest absolute Gasteiger partial charge is 0.480 e. The molecule has 0 saturated carbocycles. The number of hydrogen-bond donors (Lipinski definition) is 6. The van der Waals surface area contributed by atoms with Gasteiger partial charge in [-0.3, -0.25) is 19.2 Å². The molecule has 1 aromatic heterocycles. The first-order valence-electron chi connectivity index (χ1n) is 13.9. The summed E-state index contributed by atoms with van der Waals surface area (Å²) in [5, 5.41) is 16.0. The van der Waals surface area contributed by atoms with Crippen molar-refractivity contribution in [3.8, 4) is 0 Å². The molecule has 4 atom stereocenters. The average molecular weight is 577 g/mol. The van der Waals surface area contributed by atoms with Crippen molar-refractivity contribution in [3.63, 3.8) is 0 Å². The zero-order valence-corrected chi connectivity index (χ0v) is 23.1. The van der Waals surface area contributed by atoms with Crippen LogP contribution in [0.25, 0.3) is 10.9 Å². The Hall–Kier alpha value is -4.71. The number of primary amides is 1. The van der Waals surface area contributed by atoms with Gasteiger partial charge in [-0.05, 0) is 36.5 Å². The molecule has 4 amide bonds. The molecular formula is C30H36N6O6. The van der Waals surface area contributed by atoms with E-state index in [4.69, 9.17) is 11.5 Å². The Morgan fingerprint density at radius 2 is 1.69 bits per heavy atom. The number of rotatable bonds is 13. The molecule has 0 bridgehead atoms. The third kappa shape index (κ3) is 7.52. The van der Waals surface area contributed by atoms with E-state index in [1.54, 1.807) is 30.5 Å². The Labute approximate surface area is 242 Å². The van der Waals surface area contributed by atoms with Gasteiger partial charge in [-0.15, -0.1) is 0 Å². The highest BCUT2D eigenvalue weighted by molar-refractivity contribution is 5.95. The predicted octanol–water partition coefficient (Wildman–Crippen LogP) is 0.591. The lowest BCUT2D eigenvalue weighted by Gasteiger charge is -2.30. The van der Waals surface area contributed by atoms with Crippen LogP contribution >= 0.6 is 0 Å². The zero-order chi connectivity index (χ0) is 30.2. The monoisotopic (exact) mass is 576 g/mol. The number of aromatic nitrogens is 1. The SMILES string of the molecule is NC(=O)CCC(N)C(=O)NC(Cc1c[nH]c2ccccc12)C(=O)N1CCCC1C(=O)NC(Cc1ccccc1)C(=O)O. The molecule has 222 valence electrons. The number of hydrogen-bond acceptors (Lipinski definition) is 6. The molecule has 42 heavy (non-hydrogen) atoms. The summed E-state index contributed by atoms with van der Waals surface area (Å²) in [6, 6.07) is 12.3. The topological polar surface area (TPSA) is 201 Å². The highest BCUT2D eigenvalue weighted by Gasteiger charge is 2.39. The molecule has 4 rings (SSSR count). The number of nitrogens with one attached hydrogen (secondary N) is 3. The summed E-state index contributed by atoms with van der Waals surface area (Å²) >= 11 is 0. The van der Waals surface area contributed by atoms with Gasteiger partial charge in [-0.25, -0.2) is 4.79 Å². The standard InChI is InChI=1S/C30H36N6O6/c31-21(12-13-26(32)37)27(38)34-23(16-19-17-33-22-10-5-4-9-20(19)22)29(40)36-14-6-11-25(36)28(39)35-24(30(41)42)15-18-7-2-1-3-8-18/h1-5,7-10,17,21,23-25,33H,6,11-16,31H2,(H2,32,37)(H,34,38)(H,35,39)(H,41,42). The number of nitrogens with two attached hydrogens (primary N) is 2. The number of carboxylic acid groups (broad SMARTS) is 1. The van der Waals surface area contributed by atoms with Crippen LogP contribution in [0.4, 0.5) is 0 Å². The maximum atomic E-state index is 13.9. The van der Waals surface area contributed by atoms with Gasteiger partial charge >= 0.3 is 5.97 Å². The number of H-pyrrole nitrogens is 1. The van der Waals surface area contributed by atoms with Gasteiger partial charge in [0.05, 0.1) is 6.04 Å². The molecule has 0 aliphatic carbocycles. The van der Waals surface area contributed by atoms with Crippen LogP contribution in [0, 0.1) is 0 Å². The molecule has 1 aliphatic rings. The number of benzene rings is 2. The molecule has 1 saturated heterocycles. The first-order valence-corrected chi connectivity index (χ1v) is 13.9. The summed E-state index contributed by atoms with van der Waals surface area (Å²) < 4.78 is 0. The molecule has 2 aromatic carbocycles. The molecular weight excluding hydrogens is 540 g/mol. The average Bonchev–Trinajstić information content (AvgIpc) is 3.63. The van der Waals surface area contributed by atoms with Crippen molar-refractivity contribution in [2.45, 2.75) is 62.7 Å². The van der Waals surface area contributed by atoms with E-state index in [0.717, 1.165) is 22.0 Å². The smallest absolute Gasteiger partial charge is 0.326 e. The summed E-state index contributed by atoms with van der Waals surface area (Å²) in [5.74, 6) is -3.45. The van der Waals surface area contributed by atoms with Crippen LogP contribution in [0.3, 0.4) is 0 Å². The van der Waals surface area contributed by atoms with Crippen LogP contribution < -0.4 is 22.1 Å². The first-order chi connectivity index (χ1) is 20.1. The number of amides is 4. The number of nitrogens with zero attached hydrogens (tertiary/aromatic N) is 1. The fraction of sp³-hybridized carbons (Fsp3) is 0.367. The van der Waals surface area contributed by atoms with Crippen molar-refractivity contribution in [2.24, 2.45) is 11.5 Å². The van der Waals surface area contributed by atoms with Crippen LogP contribution in [0.2, 0.25) is 0 Å². The van der Waals surface area contributed by atoms with E-state index in [9.17, 15) is 29.1 Å². The van der Waals surface area contributed by atoms with E-state index in [-0.39, 0.29) is 32.2 Å². The van der Waals surface area contributed by atoms with Crippen LogP contribution in [0.15, 0.2) is 60.8 Å². The van der Waals surface area contributed by atoms with E-state index >= 15 is 0 Å². The van der Waals surface area contributed by atoms with Crippen molar-refractivity contribution in [2.75, 3.05) is 6.54 Å². The zero-order valence-electron chi connectivity index (χ0n) is 23.1. The lowest BCUT2D eigenvalue weighted by atomic mass is 10.0. The van der Waals surface area contributed by atoms with Crippen molar-refractivity contribution in [3.05, 3.63) is 71.9 Å². The number of para-hydroxylation sites is 1. The Kier molecular flexibility index (Phi) is 9.92. The Morgan fingerprint density at radius 1 is 0.976 bits per heavy atom. The number of likely N-dealkylation sites (tertiary alicyclic amines) is 1. The van der Waals surface area contributed by atoms with E-state index in [1.807, 2.05) is 30.3 Å². The summed E-state index contributed by atoms with van der Waals surface area (Å²) in [7, 11) is 0. The van der Waals surface area contributed by atoms with Crippen molar-refractivity contribution in [1.29, 1.82) is 0 Å². The van der Waals surface area contributed by atoms with E-state index in [0.29, 0.717) is 12.8 Å². The molecule has 4 unspecified atom stereocenters. The Bertz CT molecular complexity index is 1440. The van der Waals surface area contributed by atoms with Crippen molar-refractivity contribution in [1.82, 2.24) is 20.5 Å². The summed E-state index contributed by atoms with van der Waals surface area (Å²) in [6.07, 6.45) is 2.78. The molecule has 12 heteroatoms. The molecule has 0 spiro atoms. The highest BCUT2D eigenvalue weighted by Crippen LogP contribution is 2.23. The quantitative estimate of drug-likeness (QED) is 0.171. The predicted molar refractivity (Wildman–Crippen MR) is 155 cm³/mol. The number of aliphatic carboxylic acids is 1. The van der Waals surface area contributed by atoms with Gasteiger partial charge < -0.3 is 37.1 Å². The Balaban J connectivity index is 1.53. The van der Waals surface area contributed by atoms with E-state index in [2.05, 4.69) is 15.6 Å². The highest BCUT2D eigenvalue weighted by atomic mass is 16.4. The molecule has 12 nitrogen and oxygen atoms in total. The molecule has 8 N–H and O–H groups in total. The normalized spacial score (nSPS) is 16.9. The van der Waals surface area contributed by atoms with Gasteiger partial charge in [0.25, 0.3) is 0 Å². The molecule has 1 fully saturated rings. The summed E-state index contributed by atoms with van der Waals surface area (Å²) in [4.78, 5) is 67.9. The lowest BCUT2D eigenvalue weighted by molar-refractivity contribution is -0.145. The minimum absolute atomic E-state index is 0.0158. The maximum absolute atomic E-state index is 13.9. The number of aromatic amines is 1. The summed E-state index contributed by atoms with van der Waals surface area (Å²) in [6.45, 7) is 0.265. The van der Waals surface area contributed by atoms with Crippen molar-refractivity contribution < 1.29 is 29.1 Å². The van der Waals surface area contributed by atoms with E-state index < -0.39 is 53.8 Å². The van der Waals surface area contributed by atoms with Gasteiger partial charge in [0, 0.05) is 42.9 Å². The second kappa shape index (κ2) is 13.8. The van der Waals surface area contributed by atoms with E-state index in [1.165, 1.54) is 4.90 Å².